The smallest absolute Gasteiger partial charge is 0.367 e. The number of hydrogen-bond acceptors (Lipinski definition) is 5. The van der Waals surface area contributed by atoms with Crippen LogP contribution in [0.25, 0.3) is 11.4 Å². The van der Waals surface area contributed by atoms with Gasteiger partial charge in [-0.15, -0.1) is 0 Å². The van der Waals surface area contributed by atoms with Gasteiger partial charge in [-0.3, -0.25) is 4.79 Å². The Labute approximate surface area is 190 Å². The minimum absolute atomic E-state index is 0.0244. The van der Waals surface area contributed by atoms with Crippen molar-refractivity contribution in [3.8, 4) is 11.4 Å². The van der Waals surface area contributed by atoms with Crippen molar-refractivity contribution in [3.05, 3.63) is 71.6 Å². The Morgan fingerprint density at radius 3 is 2.61 bits per heavy atom. The second-order valence-electron chi connectivity index (χ2n) is 7.66. The number of rotatable bonds is 10. The van der Waals surface area contributed by atoms with Gasteiger partial charge in [-0.05, 0) is 31.0 Å². The van der Waals surface area contributed by atoms with Crippen LogP contribution in [-0.4, -0.2) is 40.1 Å². The molecular formula is C24H26F3N3O3. The molecule has 176 valence electrons. The van der Waals surface area contributed by atoms with Crippen molar-refractivity contribution in [2.45, 2.75) is 45.5 Å². The third-order valence-electron chi connectivity index (χ3n) is 5.26. The fourth-order valence-electron chi connectivity index (χ4n) is 3.25. The van der Waals surface area contributed by atoms with E-state index in [-0.39, 0.29) is 42.3 Å². The van der Waals surface area contributed by atoms with Crippen LogP contribution >= 0.6 is 0 Å². The molecule has 0 bridgehead atoms. The maximum Gasteiger partial charge on any atom is 0.416 e. The van der Waals surface area contributed by atoms with Crippen LogP contribution in [0.5, 0.6) is 0 Å². The Morgan fingerprint density at radius 2 is 1.91 bits per heavy atom. The molecule has 0 spiro atoms. The molecule has 0 unspecified atom stereocenters. The highest BCUT2D eigenvalue weighted by Gasteiger charge is 2.30. The van der Waals surface area contributed by atoms with Crippen molar-refractivity contribution in [3.63, 3.8) is 0 Å². The van der Waals surface area contributed by atoms with E-state index in [0.717, 1.165) is 24.1 Å². The van der Waals surface area contributed by atoms with Gasteiger partial charge in [-0.25, -0.2) is 0 Å². The molecule has 1 atom stereocenters. The van der Waals surface area contributed by atoms with Crippen LogP contribution in [0.15, 0.2) is 59.1 Å². The summed E-state index contributed by atoms with van der Waals surface area (Å²) < 4.78 is 49.7. The normalized spacial score (nSPS) is 12.5. The maximum absolute atomic E-state index is 13.0. The molecule has 9 heteroatoms. The average molecular weight is 461 g/mol. The van der Waals surface area contributed by atoms with Gasteiger partial charge in [0.25, 0.3) is 0 Å². The Morgan fingerprint density at radius 1 is 1.15 bits per heavy atom. The molecule has 0 radical (unpaired) electrons. The van der Waals surface area contributed by atoms with Crippen molar-refractivity contribution in [2.75, 3.05) is 13.2 Å². The maximum atomic E-state index is 13.0. The summed E-state index contributed by atoms with van der Waals surface area (Å²) in [6.45, 7) is 4.53. The number of carbonyl (C=O) groups excluding carboxylic acids is 1. The molecule has 1 amide bonds. The minimum Gasteiger partial charge on any atom is -0.367 e. The first-order valence-electron chi connectivity index (χ1n) is 10.7. The number of benzene rings is 2. The summed E-state index contributed by atoms with van der Waals surface area (Å²) in [5.41, 5.74) is 0.410. The van der Waals surface area contributed by atoms with Crippen molar-refractivity contribution < 1.29 is 27.2 Å². The van der Waals surface area contributed by atoms with Crippen molar-refractivity contribution in [2.24, 2.45) is 0 Å². The second kappa shape index (κ2) is 11.1. The summed E-state index contributed by atoms with van der Waals surface area (Å²) in [6.07, 6.45) is -3.42. The van der Waals surface area contributed by atoms with Gasteiger partial charge in [-0.1, -0.05) is 54.5 Å². The lowest BCUT2D eigenvalue weighted by molar-refractivity contribution is -0.139. The Kier molecular flexibility index (Phi) is 8.21. The highest BCUT2D eigenvalue weighted by atomic mass is 19.4. The first-order valence-corrected chi connectivity index (χ1v) is 10.7. The lowest BCUT2D eigenvalue weighted by Gasteiger charge is -2.28. The van der Waals surface area contributed by atoms with Crippen LogP contribution < -0.4 is 0 Å². The highest BCUT2D eigenvalue weighted by Crippen LogP contribution is 2.31. The van der Waals surface area contributed by atoms with Gasteiger partial charge in [0, 0.05) is 24.6 Å². The molecule has 0 aliphatic rings. The number of nitrogens with zero attached hydrogens (tertiary/aromatic N) is 3. The third-order valence-corrected chi connectivity index (χ3v) is 5.26. The number of ether oxygens (including phenoxy) is 1. The van der Waals surface area contributed by atoms with Crippen LogP contribution in [0, 0.1) is 0 Å². The molecule has 0 N–H and O–H groups in total. The van der Waals surface area contributed by atoms with E-state index in [1.165, 1.54) is 12.1 Å². The summed E-state index contributed by atoms with van der Waals surface area (Å²) >= 11 is 0. The van der Waals surface area contributed by atoms with E-state index in [1.54, 1.807) is 4.90 Å². The number of carbonyl (C=O) groups is 1. The zero-order valence-corrected chi connectivity index (χ0v) is 18.5. The highest BCUT2D eigenvalue weighted by molar-refractivity contribution is 5.77. The third kappa shape index (κ3) is 6.89. The number of amides is 1. The summed E-state index contributed by atoms with van der Waals surface area (Å²) in [5, 5.41) is 3.80. The fraction of sp³-hybridized carbons (Fsp3) is 0.375. The van der Waals surface area contributed by atoms with E-state index < -0.39 is 11.7 Å². The van der Waals surface area contributed by atoms with E-state index >= 15 is 0 Å². The molecule has 3 aromatic rings. The molecule has 1 aromatic heterocycles. The molecule has 1 heterocycles. The summed E-state index contributed by atoms with van der Waals surface area (Å²) in [4.78, 5) is 18.6. The molecule has 0 saturated carbocycles. The number of halogens is 3. The van der Waals surface area contributed by atoms with E-state index in [2.05, 4.69) is 10.1 Å². The summed E-state index contributed by atoms with van der Waals surface area (Å²) in [5.74, 6) is 0.162. The molecule has 0 saturated heterocycles. The molecule has 0 aliphatic heterocycles. The SMILES string of the molecule is CC[C@H](C)N(CCc1nc(-c2cccc(C(F)(F)F)c2)no1)C(=O)COCc1ccccc1. The Bertz CT molecular complexity index is 1040. The number of alkyl halides is 3. The monoisotopic (exact) mass is 461 g/mol. The Balaban J connectivity index is 1.60. The van der Waals surface area contributed by atoms with Crippen molar-refractivity contribution in [1.29, 1.82) is 0 Å². The predicted molar refractivity (Wildman–Crippen MR) is 116 cm³/mol. The van der Waals surface area contributed by atoms with Gasteiger partial charge in [-0.2, -0.15) is 18.2 Å². The van der Waals surface area contributed by atoms with Gasteiger partial charge >= 0.3 is 6.18 Å². The molecule has 2 aromatic carbocycles. The van der Waals surface area contributed by atoms with Gasteiger partial charge in [0.05, 0.1) is 12.2 Å². The van der Waals surface area contributed by atoms with E-state index in [0.29, 0.717) is 13.2 Å². The predicted octanol–water partition coefficient (Wildman–Crippen LogP) is 5.14. The standard InChI is InChI=1S/C24H26F3N3O3/c1-3-17(2)30(22(31)16-32-15-18-8-5-4-6-9-18)13-12-21-28-23(29-33-21)19-10-7-11-20(14-19)24(25,26)27/h4-11,14,17H,3,12-13,15-16H2,1-2H3/t17-/m0/s1. The quantitative estimate of drug-likeness (QED) is 0.418. The van der Waals surface area contributed by atoms with Crippen molar-refractivity contribution >= 4 is 5.91 Å². The molecule has 6 nitrogen and oxygen atoms in total. The Hall–Kier alpha value is -3.20. The van der Waals surface area contributed by atoms with Crippen LogP contribution in [0.3, 0.4) is 0 Å². The molecule has 33 heavy (non-hydrogen) atoms. The van der Waals surface area contributed by atoms with Gasteiger partial charge in [0.1, 0.15) is 6.61 Å². The number of aromatic nitrogens is 2. The van der Waals surface area contributed by atoms with Crippen LogP contribution in [0.2, 0.25) is 0 Å². The first-order chi connectivity index (χ1) is 15.8. The van der Waals surface area contributed by atoms with Crippen LogP contribution in [0.1, 0.15) is 37.3 Å². The van der Waals surface area contributed by atoms with Gasteiger partial charge in [0.2, 0.25) is 17.6 Å². The zero-order valence-electron chi connectivity index (χ0n) is 18.5. The van der Waals surface area contributed by atoms with E-state index in [4.69, 9.17) is 9.26 Å². The topological polar surface area (TPSA) is 68.5 Å². The van der Waals surface area contributed by atoms with Crippen LogP contribution in [0.4, 0.5) is 13.2 Å². The van der Waals surface area contributed by atoms with E-state index in [1.807, 2.05) is 44.2 Å². The molecular weight excluding hydrogens is 435 g/mol. The molecule has 0 fully saturated rings. The summed E-state index contributed by atoms with van der Waals surface area (Å²) in [7, 11) is 0. The number of hydrogen-bond donors (Lipinski definition) is 0. The van der Waals surface area contributed by atoms with Gasteiger partial charge in [0.15, 0.2) is 0 Å². The minimum atomic E-state index is -4.46. The van der Waals surface area contributed by atoms with Crippen LogP contribution in [-0.2, 0) is 28.7 Å². The van der Waals surface area contributed by atoms with Gasteiger partial charge < -0.3 is 14.2 Å². The molecule has 3 rings (SSSR count). The van der Waals surface area contributed by atoms with Crippen molar-refractivity contribution in [1.82, 2.24) is 15.0 Å². The lowest BCUT2D eigenvalue weighted by atomic mass is 10.1. The first kappa shape index (κ1) is 24.4. The fourth-order valence-corrected chi connectivity index (χ4v) is 3.25. The second-order valence-corrected chi connectivity index (χ2v) is 7.66. The summed E-state index contributed by atoms with van der Waals surface area (Å²) in [6, 6.07) is 14.3. The molecule has 0 aliphatic carbocycles. The zero-order chi connectivity index (χ0) is 23.8. The lowest BCUT2D eigenvalue weighted by Crippen LogP contribution is -2.41. The largest absolute Gasteiger partial charge is 0.416 e. The average Bonchev–Trinajstić information content (AvgIpc) is 3.28. The van der Waals surface area contributed by atoms with E-state index in [9.17, 15) is 18.0 Å².